The van der Waals surface area contributed by atoms with E-state index in [-0.39, 0.29) is 5.92 Å². The number of hydrogen-bond donors (Lipinski definition) is 1. The van der Waals surface area contributed by atoms with Crippen LogP contribution < -0.4 is 0 Å². The third-order valence-corrected chi connectivity index (χ3v) is 3.16. The summed E-state index contributed by atoms with van der Waals surface area (Å²) in [6.45, 7) is 8.66. The third kappa shape index (κ3) is 8.52. The fourth-order valence-corrected chi connectivity index (χ4v) is 1.87. The lowest BCUT2D eigenvalue weighted by Crippen LogP contribution is -2.20. The summed E-state index contributed by atoms with van der Waals surface area (Å²) in [6.07, 6.45) is 6.07. The van der Waals surface area contributed by atoms with Gasteiger partial charge < -0.3 is 19.3 Å². The van der Waals surface area contributed by atoms with Crippen molar-refractivity contribution in [2.24, 2.45) is 11.8 Å². The molecule has 0 amide bonds. The van der Waals surface area contributed by atoms with Gasteiger partial charge in [-0.2, -0.15) is 0 Å². The van der Waals surface area contributed by atoms with E-state index in [4.69, 9.17) is 14.2 Å². The smallest absolute Gasteiger partial charge is 0.307 e. The van der Waals surface area contributed by atoms with E-state index in [1.54, 1.807) is 19.3 Å². The molecule has 0 aromatic heterocycles. The highest BCUT2D eigenvalue weighted by Crippen LogP contribution is 2.22. The Balaban J connectivity index is 4.89. The summed E-state index contributed by atoms with van der Waals surface area (Å²) in [6, 6.07) is 0. The minimum absolute atomic E-state index is 0.0401. The Labute approximate surface area is 133 Å². The van der Waals surface area contributed by atoms with Gasteiger partial charge in [0.15, 0.2) is 5.76 Å². The first-order chi connectivity index (χ1) is 10.5. The minimum atomic E-state index is -0.805. The normalized spacial score (nSPS) is 13.9. The zero-order valence-corrected chi connectivity index (χ0v) is 14.0. The zero-order valence-electron chi connectivity index (χ0n) is 14.0. The molecule has 5 heteroatoms. The molecule has 0 bridgehead atoms. The second-order valence-corrected chi connectivity index (χ2v) is 5.27. The van der Waals surface area contributed by atoms with Crippen LogP contribution in [0.15, 0.2) is 36.3 Å². The van der Waals surface area contributed by atoms with Gasteiger partial charge >= 0.3 is 5.97 Å². The van der Waals surface area contributed by atoms with Gasteiger partial charge in [0.2, 0.25) is 0 Å². The first-order valence-corrected chi connectivity index (χ1v) is 7.36. The van der Waals surface area contributed by atoms with E-state index < -0.39 is 11.9 Å². The predicted molar refractivity (Wildman–Crippen MR) is 86.4 cm³/mol. The second-order valence-electron chi connectivity index (χ2n) is 5.27. The molecule has 0 aromatic carbocycles. The molecule has 0 heterocycles. The van der Waals surface area contributed by atoms with Crippen LogP contribution in [0.25, 0.3) is 0 Å². The largest absolute Gasteiger partial charge is 0.501 e. The lowest BCUT2D eigenvalue weighted by Gasteiger charge is -2.17. The van der Waals surface area contributed by atoms with Crippen LogP contribution in [0, 0.1) is 11.8 Å². The Bertz CT molecular complexity index is 396. The van der Waals surface area contributed by atoms with Gasteiger partial charge in [-0.3, -0.25) is 4.79 Å². The van der Waals surface area contributed by atoms with Crippen LogP contribution in [0.5, 0.6) is 0 Å². The van der Waals surface area contributed by atoms with Crippen LogP contribution in [0.2, 0.25) is 0 Å². The maximum absolute atomic E-state index is 11.3. The molecule has 1 atom stereocenters. The molecule has 0 saturated heterocycles. The van der Waals surface area contributed by atoms with Crippen molar-refractivity contribution < 1.29 is 24.1 Å². The van der Waals surface area contributed by atoms with Gasteiger partial charge in [-0.05, 0) is 24.0 Å². The summed E-state index contributed by atoms with van der Waals surface area (Å²) in [5.41, 5.74) is 0.802. The van der Waals surface area contributed by atoms with Crippen LogP contribution in [0.3, 0.4) is 0 Å². The monoisotopic (exact) mass is 312 g/mol. The van der Waals surface area contributed by atoms with Crippen molar-refractivity contribution in [1.29, 1.82) is 0 Å². The van der Waals surface area contributed by atoms with Crippen LogP contribution in [-0.2, 0) is 19.0 Å². The van der Waals surface area contributed by atoms with Crippen molar-refractivity contribution in [2.45, 2.75) is 26.7 Å². The number of hydrogen-bond acceptors (Lipinski definition) is 4. The summed E-state index contributed by atoms with van der Waals surface area (Å²) in [5, 5.41) is 9.28. The standard InChI is InChI=1S/C17H28O5/c1-6-14(11-16(13(2)3)17(18)19)10-15(12-21-5)22-9-7-8-20-4/h6,10,12-13,16H,1,7-9,11H2,2-5H3,(H,18,19)/b14-10+,15-12-. The second kappa shape index (κ2) is 11.9. The highest BCUT2D eigenvalue weighted by atomic mass is 16.5. The van der Waals surface area contributed by atoms with E-state index >= 15 is 0 Å². The van der Waals surface area contributed by atoms with E-state index in [9.17, 15) is 9.90 Å². The number of allylic oxidation sites excluding steroid dienone is 3. The van der Waals surface area contributed by atoms with Crippen LogP contribution in [0.1, 0.15) is 26.7 Å². The molecule has 126 valence electrons. The number of methoxy groups -OCH3 is 2. The Morgan fingerprint density at radius 2 is 1.95 bits per heavy atom. The number of carbonyl (C=O) groups is 1. The number of rotatable bonds is 12. The third-order valence-electron chi connectivity index (χ3n) is 3.16. The van der Waals surface area contributed by atoms with Gasteiger partial charge in [-0.15, -0.1) is 0 Å². The van der Waals surface area contributed by atoms with E-state index in [0.29, 0.717) is 25.4 Å². The number of aliphatic carboxylic acids is 1. The molecule has 0 rings (SSSR count). The molecule has 0 aliphatic carbocycles. The van der Waals surface area contributed by atoms with Crippen LogP contribution in [-0.4, -0.2) is 38.5 Å². The fourth-order valence-electron chi connectivity index (χ4n) is 1.87. The molecule has 5 nitrogen and oxygen atoms in total. The van der Waals surface area contributed by atoms with E-state index in [1.165, 1.54) is 13.4 Å². The van der Waals surface area contributed by atoms with Crippen molar-refractivity contribution in [3.05, 3.63) is 36.3 Å². The molecule has 0 aliphatic rings. The summed E-state index contributed by atoms with van der Waals surface area (Å²) in [5.74, 6) is -0.678. The van der Waals surface area contributed by atoms with Crippen LogP contribution in [0.4, 0.5) is 0 Å². The van der Waals surface area contributed by atoms with E-state index in [2.05, 4.69) is 6.58 Å². The Morgan fingerprint density at radius 3 is 2.41 bits per heavy atom. The highest BCUT2D eigenvalue weighted by molar-refractivity contribution is 5.70. The van der Waals surface area contributed by atoms with Crippen LogP contribution >= 0.6 is 0 Å². The van der Waals surface area contributed by atoms with Gasteiger partial charge in [0.1, 0.15) is 6.26 Å². The first kappa shape index (κ1) is 20.2. The van der Waals surface area contributed by atoms with Crippen molar-refractivity contribution in [3.8, 4) is 0 Å². The topological polar surface area (TPSA) is 65.0 Å². The Kier molecular flexibility index (Phi) is 10.9. The van der Waals surface area contributed by atoms with Gasteiger partial charge in [-0.25, -0.2) is 0 Å². The predicted octanol–water partition coefficient (Wildman–Crippen LogP) is 3.39. The number of ether oxygens (including phenoxy) is 3. The Hall–Kier alpha value is -1.75. The quantitative estimate of drug-likeness (QED) is 0.340. The summed E-state index contributed by atoms with van der Waals surface area (Å²) >= 11 is 0. The molecule has 0 fully saturated rings. The summed E-state index contributed by atoms with van der Waals surface area (Å²) in [7, 11) is 3.17. The molecular weight excluding hydrogens is 284 g/mol. The first-order valence-electron chi connectivity index (χ1n) is 7.36. The average molecular weight is 312 g/mol. The van der Waals surface area contributed by atoms with Gasteiger partial charge in [0, 0.05) is 20.1 Å². The minimum Gasteiger partial charge on any atom is -0.501 e. The summed E-state index contributed by atoms with van der Waals surface area (Å²) < 4.78 is 15.6. The van der Waals surface area contributed by atoms with Gasteiger partial charge in [-0.1, -0.05) is 26.5 Å². The summed E-state index contributed by atoms with van der Waals surface area (Å²) in [4.78, 5) is 11.3. The molecule has 0 spiro atoms. The van der Waals surface area contributed by atoms with E-state index in [0.717, 1.165) is 12.0 Å². The lowest BCUT2D eigenvalue weighted by atomic mass is 9.89. The van der Waals surface area contributed by atoms with E-state index in [1.807, 2.05) is 13.8 Å². The lowest BCUT2D eigenvalue weighted by molar-refractivity contribution is -0.143. The molecular formula is C17H28O5. The number of carboxylic acids is 1. The molecule has 0 aliphatic heterocycles. The van der Waals surface area contributed by atoms with Crippen molar-refractivity contribution in [3.63, 3.8) is 0 Å². The van der Waals surface area contributed by atoms with Gasteiger partial charge in [0.25, 0.3) is 0 Å². The molecule has 22 heavy (non-hydrogen) atoms. The zero-order chi connectivity index (χ0) is 17.0. The average Bonchev–Trinajstić information content (AvgIpc) is 2.46. The molecule has 1 unspecified atom stereocenters. The fraction of sp³-hybridized carbons (Fsp3) is 0.588. The van der Waals surface area contributed by atoms with Crippen molar-refractivity contribution in [1.82, 2.24) is 0 Å². The molecule has 0 saturated carbocycles. The van der Waals surface area contributed by atoms with Crippen molar-refractivity contribution >= 4 is 5.97 Å². The molecule has 0 radical (unpaired) electrons. The Morgan fingerprint density at radius 1 is 1.27 bits per heavy atom. The molecule has 1 N–H and O–H groups in total. The SMILES string of the molecule is C=C/C(=C\C(=C\OC)OCCCOC)CC(C(=O)O)C(C)C. The number of carboxylic acid groups (broad SMARTS) is 1. The van der Waals surface area contributed by atoms with Crippen molar-refractivity contribution in [2.75, 3.05) is 27.4 Å². The molecule has 0 aromatic rings. The van der Waals surface area contributed by atoms with Gasteiger partial charge in [0.05, 0.1) is 19.6 Å². The highest BCUT2D eigenvalue weighted by Gasteiger charge is 2.22. The maximum Gasteiger partial charge on any atom is 0.307 e. The maximum atomic E-state index is 11.3.